The van der Waals surface area contributed by atoms with Crippen LogP contribution in [0.25, 0.3) is 0 Å². The smallest absolute Gasteiger partial charge is 0.271 e. The molecule has 162 valence electrons. The van der Waals surface area contributed by atoms with Crippen LogP contribution in [-0.2, 0) is 24.4 Å². The minimum absolute atomic E-state index is 0.218. The van der Waals surface area contributed by atoms with E-state index in [0.29, 0.717) is 19.7 Å². The number of carbonyl (C=O) groups excluding carboxylic acids is 1. The Morgan fingerprint density at radius 2 is 1.77 bits per heavy atom. The van der Waals surface area contributed by atoms with Crippen molar-refractivity contribution in [2.24, 2.45) is 11.8 Å². The minimum atomic E-state index is -0.304. The van der Waals surface area contributed by atoms with Gasteiger partial charge in [-0.2, -0.15) is 5.10 Å². The highest BCUT2D eigenvalue weighted by Crippen LogP contribution is 2.22. The molecule has 30 heavy (non-hydrogen) atoms. The van der Waals surface area contributed by atoms with Crippen LogP contribution in [0.2, 0.25) is 0 Å². The van der Waals surface area contributed by atoms with Gasteiger partial charge >= 0.3 is 0 Å². The summed E-state index contributed by atoms with van der Waals surface area (Å²) in [6.07, 6.45) is 1.31. The molecule has 1 saturated heterocycles. The lowest BCUT2D eigenvalue weighted by Crippen LogP contribution is -2.38. The van der Waals surface area contributed by atoms with Gasteiger partial charge in [0.25, 0.3) is 11.5 Å². The van der Waals surface area contributed by atoms with Gasteiger partial charge in [-0.25, -0.2) is 4.68 Å². The standard InChI is InChI=1S/C23H32N4O3/c1-17-12-18(2)15-26(14-17)16-20-6-4-19(5-7-20)13-24-23(29)21-8-9-22(28)27(25-21)10-11-30-3/h4-9,17-18H,10-16H2,1-3H3,(H,24,29)/t17-,18-/m0/s1. The van der Waals surface area contributed by atoms with Crippen LogP contribution in [0.5, 0.6) is 0 Å². The van der Waals surface area contributed by atoms with Crippen molar-refractivity contribution in [3.63, 3.8) is 0 Å². The maximum atomic E-state index is 12.4. The average Bonchev–Trinajstić information content (AvgIpc) is 2.71. The molecule has 0 saturated carbocycles. The number of aromatic nitrogens is 2. The number of benzene rings is 1. The first-order valence-corrected chi connectivity index (χ1v) is 10.6. The van der Waals surface area contributed by atoms with Gasteiger partial charge in [0.2, 0.25) is 0 Å². The summed E-state index contributed by atoms with van der Waals surface area (Å²) in [5.41, 5.74) is 2.28. The van der Waals surface area contributed by atoms with E-state index in [0.717, 1.165) is 37.0 Å². The lowest BCUT2D eigenvalue weighted by Gasteiger charge is -2.35. The van der Waals surface area contributed by atoms with Crippen molar-refractivity contribution in [2.45, 2.75) is 39.9 Å². The number of carbonyl (C=O) groups is 1. The fourth-order valence-corrected chi connectivity index (χ4v) is 4.12. The van der Waals surface area contributed by atoms with Crippen molar-refractivity contribution in [1.29, 1.82) is 0 Å². The maximum absolute atomic E-state index is 12.4. The average molecular weight is 413 g/mol. The molecule has 7 heteroatoms. The summed E-state index contributed by atoms with van der Waals surface area (Å²) in [6.45, 7) is 9.01. The molecule has 1 aromatic heterocycles. The third kappa shape index (κ3) is 6.24. The molecule has 2 heterocycles. The first-order chi connectivity index (χ1) is 14.4. The maximum Gasteiger partial charge on any atom is 0.271 e. The number of ether oxygens (including phenoxy) is 1. The molecular weight excluding hydrogens is 380 g/mol. The molecule has 1 aromatic carbocycles. The monoisotopic (exact) mass is 412 g/mol. The number of hydrogen-bond acceptors (Lipinski definition) is 5. The van der Waals surface area contributed by atoms with Gasteiger partial charge in [-0.1, -0.05) is 38.1 Å². The molecule has 1 N–H and O–H groups in total. The van der Waals surface area contributed by atoms with Crippen molar-refractivity contribution in [2.75, 3.05) is 26.8 Å². The molecule has 1 fully saturated rings. The molecular formula is C23H32N4O3. The van der Waals surface area contributed by atoms with Gasteiger partial charge in [0.05, 0.1) is 13.2 Å². The fraction of sp³-hybridized carbons (Fsp3) is 0.522. The van der Waals surface area contributed by atoms with Gasteiger partial charge in [0, 0.05) is 39.4 Å². The van der Waals surface area contributed by atoms with Gasteiger partial charge in [0.1, 0.15) is 5.69 Å². The minimum Gasteiger partial charge on any atom is -0.383 e. The summed E-state index contributed by atoms with van der Waals surface area (Å²) in [4.78, 5) is 26.7. The second-order valence-electron chi connectivity index (χ2n) is 8.41. The molecule has 3 rings (SSSR count). The summed E-state index contributed by atoms with van der Waals surface area (Å²) < 4.78 is 6.22. The molecule has 0 aliphatic carbocycles. The first kappa shape index (κ1) is 22.2. The van der Waals surface area contributed by atoms with Crippen LogP contribution in [0.4, 0.5) is 0 Å². The summed E-state index contributed by atoms with van der Waals surface area (Å²) in [6, 6.07) is 11.2. The number of hydrogen-bond donors (Lipinski definition) is 1. The Bertz CT molecular complexity index is 884. The number of methoxy groups -OCH3 is 1. The van der Waals surface area contributed by atoms with Crippen LogP contribution >= 0.6 is 0 Å². The molecule has 1 amide bonds. The number of nitrogens with zero attached hydrogens (tertiary/aromatic N) is 3. The Labute approximate surface area is 178 Å². The third-order valence-electron chi connectivity index (χ3n) is 5.43. The Morgan fingerprint density at radius 3 is 2.43 bits per heavy atom. The highest BCUT2D eigenvalue weighted by atomic mass is 16.5. The topological polar surface area (TPSA) is 76.5 Å². The molecule has 2 aromatic rings. The zero-order chi connectivity index (χ0) is 21.5. The van der Waals surface area contributed by atoms with Gasteiger partial charge in [-0.15, -0.1) is 0 Å². The van der Waals surface area contributed by atoms with Crippen LogP contribution in [0.3, 0.4) is 0 Å². The third-order valence-corrected chi connectivity index (χ3v) is 5.43. The van der Waals surface area contributed by atoms with Crippen molar-refractivity contribution >= 4 is 5.91 Å². The molecule has 2 atom stereocenters. The van der Waals surface area contributed by atoms with Crippen LogP contribution in [0.1, 0.15) is 41.9 Å². The van der Waals surface area contributed by atoms with Gasteiger partial charge < -0.3 is 10.1 Å². The fourth-order valence-electron chi connectivity index (χ4n) is 4.12. The molecule has 0 spiro atoms. The van der Waals surface area contributed by atoms with E-state index in [1.807, 2.05) is 0 Å². The van der Waals surface area contributed by atoms with Crippen molar-refractivity contribution in [1.82, 2.24) is 20.0 Å². The van der Waals surface area contributed by atoms with E-state index >= 15 is 0 Å². The number of nitrogens with one attached hydrogen (secondary N) is 1. The van der Waals surface area contributed by atoms with E-state index in [-0.39, 0.29) is 17.2 Å². The molecule has 7 nitrogen and oxygen atoms in total. The zero-order valence-corrected chi connectivity index (χ0v) is 18.1. The molecule has 1 aliphatic heterocycles. The van der Waals surface area contributed by atoms with Gasteiger partial charge in [-0.05, 0) is 35.4 Å². The first-order valence-electron chi connectivity index (χ1n) is 10.6. The van der Waals surface area contributed by atoms with Crippen LogP contribution in [-0.4, -0.2) is 47.4 Å². The summed E-state index contributed by atoms with van der Waals surface area (Å²) >= 11 is 0. The van der Waals surface area contributed by atoms with Crippen LogP contribution in [0, 0.1) is 11.8 Å². The molecule has 0 bridgehead atoms. The van der Waals surface area contributed by atoms with Crippen molar-refractivity contribution in [3.05, 3.63) is 63.6 Å². The number of amides is 1. The summed E-state index contributed by atoms with van der Waals surface area (Å²) in [5.74, 6) is 1.20. The summed E-state index contributed by atoms with van der Waals surface area (Å²) in [5, 5.41) is 6.99. The van der Waals surface area contributed by atoms with Crippen molar-refractivity contribution in [3.8, 4) is 0 Å². The van der Waals surface area contributed by atoms with Gasteiger partial charge in [0.15, 0.2) is 0 Å². The largest absolute Gasteiger partial charge is 0.383 e. The van der Waals surface area contributed by atoms with E-state index in [1.165, 1.54) is 28.8 Å². The molecule has 0 radical (unpaired) electrons. The lowest BCUT2D eigenvalue weighted by atomic mass is 9.91. The Hall–Kier alpha value is -2.51. The summed E-state index contributed by atoms with van der Waals surface area (Å²) in [7, 11) is 1.56. The predicted octanol–water partition coefficient (Wildman–Crippen LogP) is 2.30. The normalized spacial score (nSPS) is 19.6. The Kier molecular flexibility index (Phi) is 7.76. The highest BCUT2D eigenvalue weighted by Gasteiger charge is 2.21. The molecule has 0 unspecified atom stereocenters. The lowest BCUT2D eigenvalue weighted by molar-refractivity contribution is 0.0942. The van der Waals surface area contributed by atoms with Crippen LogP contribution < -0.4 is 10.9 Å². The second kappa shape index (κ2) is 10.5. The SMILES string of the molecule is COCCn1nc(C(=O)NCc2ccc(CN3C[C@@H](C)C[C@H](C)C3)cc2)ccc1=O. The van der Waals surface area contributed by atoms with E-state index in [9.17, 15) is 9.59 Å². The molecule has 1 aliphatic rings. The number of likely N-dealkylation sites (tertiary alicyclic amines) is 1. The quantitative estimate of drug-likeness (QED) is 0.720. The van der Waals surface area contributed by atoms with Crippen LogP contribution in [0.15, 0.2) is 41.2 Å². The second-order valence-corrected chi connectivity index (χ2v) is 8.41. The highest BCUT2D eigenvalue weighted by molar-refractivity contribution is 5.91. The number of piperidine rings is 1. The van der Waals surface area contributed by atoms with E-state index < -0.39 is 0 Å². The van der Waals surface area contributed by atoms with Crippen molar-refractivity contribution < 1.29 is 9.53 Å². The van der Waals surface area contributed by atoms with Gasteiger partial charge in [-0.3, -0.25) is 14.5 Å². The zero-order valence-electron chi connectivity index (χ0n) is 18.1. The Morgan fingerprint density at radius 1 is 1.10 bits per heavy atom. The number of rotatable bonds is 8. The van der Waals surface area contributed by atoms with E-state index in [4.69, 9.17) is 4.74 Å². The van der Waals surface area contributed by atoms with E-state index in [2.05, 4.69) is 53.4 Å². The predicted molar refractivity (Wildman–Crippen MR) is 116 cm³/mol. The van der Waals surface area contributed by atoms with E-state index in [1.54, 1.807) is 7.11 Å². The Balaban J connectivity index is 1.53.